The molecule has 1 aromatic heterocycles. The van der Waals surface area contributed by atoms with E-state index in [9.17, 15) is 14.4 Å². The molecule has 0 aliphatic heterocycles. The van der Waals surface area contributed by atoms with Crippen LogP contribution in [0.2, 0.25) is 0 Å². The smallest absolute Gasteiger partial charge is 0.807 e. The summed E-state index contributed by atoms with van der Waals surface area (Å²) >= 11 is 0. The van der Waals surface area contributed by atoms with Crippen molar-refractivity contribution in [1.29, 1.82) is 0 Å². The number of benzene rings is 2. The van der Waals surface area contributed by atoms with Crippen molar-refractivity contribution in [3.63, 3.8) is 0 Å². The van der Waals surface area contributed by atoms with Gasteiger partial charge in [-0.05, 0) is 30.6 Å². The van der Waals surface area contributed by atoms with E-state index in [1.807, 2.05) is 12.1 Å². The van der Waals surface area contributed by atoms with Crippen LogP contribution in [0, 0.1) is 0 Å². The first-order chi connectivity index (χ1) is 12.4. The largest absolute Gasteiger partial charge is 1.00 e. The molecule has 0 atom stereocenters. The molecule has 0 saturated carbocycles. The van der Waals surface area contributed by atoms with E-state index in [1.54, 1.807) is 38.6 Å². The molecule has 136 valence electrons. The maximum atomic E-state index is 11.0. The van der Waals surface area contributed by atoms with Crippen molar-refractivity contribution < 1.29 is 82.9 Å². The molecule has 1 N–H and O–H groups in total. The van der Waals surface area contributed by atoms with Gasteiger partial charge in [-0.3, -0.25) is 4.98 Å². The number of nitrogens with zero attached hydrogens (tertiary/aromatic N) is 1. The predicted molar refractivity (Wildman–Crippen MR) is 95.9 cm³/mol. The van der Waals surface area contributed by atoms with Gasteiger partial charge in [0.25, 0.3) is 0 Å². The van der Waals surface area contributed by atoms with E-state index in [0.717, 1.165) is 22.2 Å². The van der Waals surface area contributed by atoms with Crippen LogP contribution in [-0.2, 0) is 11.1 Å². The van der Waals surface area contributed by atoms with Crippen molar-refractivity contribution in [3.05, 3.63) is 54.2 Å². The molecule has 0 radical (unpaired) electrons. The van der Waals surface area contributed by atoms with Crippen LogP contribution in [0.15, 0.2) is 48.7 Å². The van der Waals surface area contributed by atoms with Gasteiger partial charge < -0.3 is 29.1 Å². The summed E-state index contributed by atoms with van der Waals surface area (Å²) in [4.78, 5) is 26.4. The number of methoxy groups -OCH3 is 2. The minimum Gasteiger partial charge on any atom is -0.807 e. The molecule has 2 aromatic carbocycles. The first kappa shape index (κ1) is 25.4. The zero-order valence-corrected chi connectivity index (χ0v) is 21.2. The third-order valence-corrected chi connectivity index (χ3v) is 4.91. The second-order valence-corrected chi connectivity index (χ2v) is 7.11. The molecule has 0 fully saturated rings. The third-order valence-electron chi connectivity index (χ3n) is 3.98. The van der Waals surface area contributed by atoms with Crippen molar-refractivity contribution in [2.45, 2.75) is 6.54 Å². The van der Waals surface area contributed by atoms with Crippen molar-refractivity contribution >= 4 is 29.5 Å². The Morgan fingerprint density at radius 1 is 1.00 bits per heavy atom. The molecule has 0 aliphatic rings. The normalized spacial score (nSPS) is 10.6. The van der Waals surface area contributed by atoms with Crippen LogP contribution in [-0.4, -0.2) is 19.2 Å². The number of aromatic nitrogens is 1. The monoisotopic (exact) mass is 418 g/mol. The standard InChI is InChI=1S/C18H19N2O5P.2Na/c1-24-17-9-14-15(7-8-19-16(14)10-18(17)25-2)20-11-12-3-5-13(6-4-12)26(21,22)23;;/h3-10H,11H2,1-2H3,(H,19,20)(H2,21,22,23);;/q;2*+1/p-2. The van der Waals surface area contributed by atoms with Gasteiger partial charge in [0, 0.05) is 29.9 Å². The SMILES string of the molecule is COc1cc2nccc(NCc3ccc(P(=O)([O-])[O-])cc3)c2cc1OC.[Na+].[Na+]. The number of hydrogen-bond donors (Lipinski definition) is 1. The molecule has 3 aromatic rings. The van der Waals surface area contributed by atoms with E-state index in [4.69, 9.17) is 9.47 Å². The van der Waals surface area contributed by atoms with Crippen LogP contribution in [0.25, 0.3) is 10.9 Å². The van der Waals surface area contributed by atoms with Crippen LogP contribution in [0.1, 0.15) is 5.56 Å². The predicted octanol–water partition coefficient (Wildman–Crippen LogP) is -4.59. The molecule has 0 aliphatic carbocycles. The summed E-state index contributed by atoms with van der Waals surface area (Å²) in [5, 5.41) is 3.94. The Morgan fingerprint density at radius 2 is 1.61 bits per heavy atom. The van der Waals surface area contributed by atoms with Gasteiger partial charge in [0.05, 0.1) is 19.7 Å². The number of fused-ring (bicyclic) bond motifs is 1. The van der Waals surface area contributed by atoms with E-state index < -0.39 is 7.60 Å². The Kier molecular flexibility index (Phi) is 9.97. The van der Waals surface area contributed by atoms with Crippen molar-refractivity contribution in [2.24, 2.45) is 0 Å². The van der Waals surface area contributed by atoms with Gasteiger partial charge in [-0.25, -0.2) is 0 Å². The minimum atomic E-state index is -4.72. The molecule has 0 bridgehead atoms. The van der Waals surface area contributed by atoms with Gasteiger partial charge in [0.15, 0.2) is 11.5 Å². The summed E-state index contributed by atoms with van der Waals surface area (Å²) in [6, 6.07) is 11.3. The van der Waals surface area contributed by atoms with E-state index in [-0.39, 0.29) is 64.4 Å². The summed E-state index contributed by atoms with van der Waals surface area (Å²) in [6.45, 7) is 0.454. The number of hydrogen-bond acceptors (Lipinski definition) is 7. The molecule has 0 saturated heterocycles. The summed E-state index contributed by atoms with van der Waals surface area (Å²) in [6.07, 6.45) is 1.69. The van der Waals surface area contributed by atoms with Gasteiger partial charge in [0.1, 0.15) is 0 Å². The zero-order valence-electron chi connectivity index (χ0n) is 16.3. The molecule has 28 heavy (non-hydrogen) atoms. The fourth-order valence-electron chi connectivity index (χ4n) is 2.62. The van der Waals surface area contributed by atoms with E-state index >= 15 is 0 Å². The number of ether oxygens (including phenoxy) is 2. The molecule has 0 spiro atoms. The quantitative estimate of drug-likeness (QED) is 0.317. The molecule has 10 heteroatoms. The molecular weight excluding hydrogens is 401 g/mol. The summed E-state index contributed by atoms with van der Waals surface area (Å²) in [7, 11) is -1.58. The Bertz CT molecular complexity index is 980. The average molecular weight is 418 g/mol. The van der Waals surface area contributed by atoms with Crippen LogP contribution in [0.4, 0.5) is 5.69 Å². The molecular formula is C18H17N2Na2O5P. The fourth-order valence-corrected chi connectivity index (χ4v) is 3.13. The van der Waals surface area contributed by atoms with E-state index in [1.165, 1.54) is 12.1 Å². The second-order valence-electron chi connectivity index (χ2n) is 5.60. The first-order valence-electron chi connectivity index (χ1n) is 7.78. The molecule has 0 unspecified atom stereocenters. The van der Waals surface area contributed by atoms with Gasteiger partial charge in [-0.1, -0.05) is 24.3 Å². The van der Waals surface area contributed by atoms with Crippen molar-refractivity contribution in [1.82, 2.24) is 4.98 Å². The van der Waals surface area contributed by atoms with Crippen LogP contribution < -0.4 is 89.0 Å². The first-order valence-corrected chi connectivity index (χ1v) is 9.33. The maximum Gasteiger partial charge on any atom is 1.00 e. The Balaban J connectivity index is 0.00000196. The van der Waals surface area contributed by atoms with Gasteiger partial charge >= 0.3 is 59.1 Å². The zero-order chi connectivity index (χ0) is 18.7. The topological polar surface area (TPSA) is 107 Å². The molecule has 7 nitrogen and oxygen atoms in total. The number of anilines is 1. The van der Waals surface area contributed by atoms with Crippen molar-refractivity contribution in [2.75, 3.05) is 19.5 Å². The Hall–Kier alpha value is -0.600. The van der Waals surface area contributed by atoms with E-state index in [0.29, 0.717) is 18.0 Å². The van der Waals surface area contributed by atoms with Gasteiger partial charge in [-0.15, -0.1) is 0 Å². The van der Waals surface area contributed by atoms with Crippen LogP contribution in [0.3, 0.4) is 0 Å². The average Bonchev–Trinajstić information content (AvgIpc) is 2.64. The number of nitrogens with one attached hydrogen (secondary N) is 1. The Labute approximate surface area is 207 Å². The van der Waals surface area contributed by atoms with E-state index in [2.05, 4.69) is 10.3 Å². The van der Waals surface area contributed by atoms with Crippen LogP contribution >= 0.6 is 7.60 Å². The fraction of sp³-hybridized carbons (Fsp3) is 0.167. The summed E-state index contributed by atoms with van der Waals surface area (Å²) in [5.74, 6) is 1.20. The van der Waals surface area contributed by atoms with Crippen LogP contribution in [0.5, 0.6) is 11.5 Å². The minimum absolute atomic E-state index is 0. The number of rotatable bonds is 6. The number of pyridine rings is 1. The molecule has 0 amide bonds. The van der Waals surface area contributed by atoms with Gasteiger partial charge in [-0.2, -0.15) is 0 Å². The van der Waals surface area contributed by atoms with Gasteiger partial charge in [0.2, 0.25) is 0 Å². The Morgan fingerprint density at radius 3 is 2.18 bits per heavy atom. The third kappa shape index (κ3) is 5.95. The molecule has 1 heterocycles. The second kappa shape index (κ2) is 11.0. The van der Waals surface area contributed by atoms with Crippen molar-refractivity contribution in [3.8, 4) is 11.5 Å². The maximum absolute atomic E-state index is 11.0. The summed E-state index contributed by atoms with van der Waals surface area (Å²) < 4.78 is 21.6. The molecule has 3 rings (SSSR count). The summed E-state index contributed by atoms with van der Waals surface area (Å²) in [5.41, 5.74) is 2.44.